The highest BCUT2D eigenvalue weighted by Crippen LogP contribution is 2.43. The lowest BCUT2D eigenvalue weighted by Gasteiger charge is -2.28. The number of hydrogen-bond acceptors (Lipinski definition) is 2. The second-order valence-corrected chi connectivity index (χ2v) is 16.8. The molecule has 10 aromatic carbocycles. The molecule has 316 valence electrons. The molecule has 0 aliphatic rings. The molecular formula is C64H50N2. The van der Waals surface area contributed by atoms with Crippen LogP contribution in [0.25, 0.3) is 57.3 Å². The number of fused-ring (bicyclic) bond motifs is 1. The van der Waals surface area contributed by atoms with Crippen LogP contribution in [0.5, 0.6) is 0 Å². The predicted octanol–water partition coefficient (Wildman–Crippen LogP) is 18.1. The van der Waals surface area contributed by atoms with Crippen LogP contribution in [0.2, 0.25) is 0 Å². The Morgan fingerprint density at radius 3 is 1.21 bits per heavy atom. The van der Waals surface area contributed by atoms with Gasteiger partial charge in [0.2, 0.25) is 0 Å². The first kappa shape index (κ1) is 41.5. The third kappa shape index (κ3) is 9.26. The lowest BCUT2D eigenvalue weighted by atomic mass is 9.96. The van der Waals surface area contributed by atoms with Crippen LogP contribution >= 0.6 is 0 Å². The smallest absolute Gasteiger partial charge is 0.0540 e. The fourth-order valence-electron chi connectivity index (χ4n) is 8.81. The summed E-state index contributed by atoms with van der Waals surface area (Å²) in [6, 6.07) is 87.4. The first-order valence-electron chi connectivity index (χ1n) is 22.7. The van der Waals surface area contributed by atoms with Crippen LogP contribution in [-0.4, -0.2) is 0 Å². The van der Waals surface area contributed by atoms with Crippen molar-refractivity contribution < 1.29 is 0 Å². The summed E-state index contributed by atoms with van der Waals surface area (Å²) < 4.78 is 0. The molecule has 10 aromatic rings. The molecule has 66 heavy (non-hydrogen) atoms. The Morgan fingerprint density at radius 1 is 0.273 bits per heavy atom. The minimum atomic E-state index is 1.09. The topological polar surface area (TPSA) is 6.48 Å². The molecule has 2 nitrogen and oxygen atoms in total. The number of aryl methyl sites for hydroxylation is 2. The lowest BCUT2D eigenvalue weighted by Crippen LogP contribution is -2.10. The van der Waals surface area contributed by atoms with Crippen LogP contribution in [0.4, 0.5) is 34.1 Å². The van der Waals surface area contributed by atoms with Crippen molar-refractivity contribution in [2.24, 2.45) is 0 Å². The summed E-state index contributed by atoms with van der Waals surface area (Å²) in [5, 5.41) is 2.37. The lowest BCUT2D eigenvalue weighted by molar-refractivity contribution is 1.28. The Labute approximate surface area is 389 Å². The Morgan fingerprint density at radius 2 is 0.682 bits per heavy atom. The fraction of sp³-hybridized carbons (Fsp3) is 0.0312. The third-order valence-corrected chi connectivity index (χ3v) is 12.1. The number of nitrogens with zero attached hydrogens (tertiary/aromatic N) is 2. The van der Waals surface area contributed by atoms with E-state index in [1.807, 2.05) is 0 Å². The summed E-state index contributed by atoms with van der Waals surface area (Å²) in [7, 11) is 0. The van der Waals surface area contributed by atoms with Crippen molar-refractivity contribution >= 4 is 69.2 Å². The van der Waals surface area contributed by atoms with Gasteiger partial charge in [-0.15, -0.1) is 0 Å². The van der Waals surface area contributed by atoms with E-state index < -0.39 is 0 Å². The molecule has 0 saturated carbocycles. The van der Waals surface area contributed by atoms with Gasteiger partial charge in [-0.3, -0.25) is 0 Å². The molecular weight excluding hydrogens is 797 g/mol. The maximum Gasteiger partial charge on any atom is 0.0540 e. The molecule has 2 heteroatoms. The number of benzene rings is 10. The molecule has 0 spiro atoms. The quantitative estimate of drug-likeness (QED) is 0.113. The normalized spacial score (nSPS) is 11.4. The summed E-state index contributed by atoms with van der Waals surface area (Å²) in [5.41, 5.74) is 18.6. The first-order chi connectivity index (χ1) is 32.5. The van der Waals surface area contributed by atoms with Gasteiger partial charge in [-0.1, -0.05) is 211 Å². The molecule has 0 saturated heterocycles. The molecule has 0 atom stereocenters. The minimum Gasteiger partial charge on any atom is -0.311 e. The van der Waals surface area contributed by atoms with E-state index in [-0.39, 0.29) is 0 Å². The molecule has 0 bridgehead atoms. The second kappa shape index (κ2) is 19.1. The van der Waals surface area contributed by atoms with Gasteiger partial charge in [-0.2, -0.15) is 0 Å². The molecule has 0 unspecified atom stereocenters. The zero-order chi connectivity index (χ0) is 44.7. The van der Waals surface area contributed by atoms with E-state index in [0.29, 0.717) is 0 Å². The summed E-state index contributed by atoms with van der Waals surface area (Å²) in [4.78, 5) is 4.71. The van der Waals surface area contributed by atoms with E-state index in [1.54, 1.807) is 0 Å². The molecule has 10 rings (SSSR count). The standard InChI is InChI=1S/C64H50N2/c1-47-13-11-15-51(45-47)25-23-49-27-35-57(36-28-49)65(56-19-7-4-8-20-56)58-41-33-55(34-42-58)61-43-44-64(63-22-10-9-21-62(61)63)66(60-39-31-54(32-40-60)53-17-5-3-6-18-53)59-37-29-50(30-38-59)24-26-52-16-12-14-48(2)46-52/h3-46H,1-2H3/b25-23+,26-24+. The molecule has 0 aromatic heterocycles. The summed E-state index contributed by atoms with van der Waals surface area (Å²) in [5.74, 6) is 0. The number of para-hydroxylation sites is 1. The number of hydrogen-bond donors (Lipinski definition) is 0. The second-order valence-electron chi connectivity index (χ2n) is 16.8. The van der Waals surface area contributed by atoms with E-state index in [1.165, 1.54) is 49.7 Å². The Balaban J connectivity index is 0.991. The van der Waals surface area contributed by atoms with Crippen LogP contribution < -0.4 is 9.80 Å². The van der Waals surface area contributed by atoms with E-state index >= 15 is 0 Å². The first-order valence-corrected chi connectivity index (χ1v) is 22.7. The average Bonchev–Trinajstić information content (AvgIpc) is 3.37. The zero-order valence-corrected chi connectivity index (χ0v) is 37.3. The van der Waals surface area contributed by atoms with Gasteiger partial charge in [0, 0.05) is 33.8 Å². The van der Waals surface area contributed by atoms with Crippen molar-refractivity contribution in [2.45, 2.75) is 13.8 Å². The van der Waals surface area contributed by atoms with Gasteiger partial charge in [0.25, 0.3) is 0 Å². The fourth-order valence-corrected chi connectivity index (χ4v) is 8.81. The van der Waals surface area contributed by atoms with Crippen LogP contribution in [0.3, 0.4) is 0 Å². The summed E-state index contributed by atoms with van der Waals surface area (Å²) >= 11 is 0. The van der Waals surface area contributed by atoms with Gasteiger partial charge in [0.1, 0.15) is 0 Å². The maximum absolute atomic E-state index is 2.39. The molecule has 0 aliphatic heterocycles. The van der Waals surface area contributed by atoms with Crippen molar-refractivity contribution in [3.63, 3.8) is 0 Å². The highest BCUT2D eigenvalue weighted by Gasteiger charge is 2.19. The number of rotatable bonds is 12. The van der Waals surface area contributed by atoms with Gasteiger partial charge >= 0.3 is 0 Å². The van der Waals surface area contributed by atoms with Crippen LogP contribution in [0.15, 0.2) is 243 Å². The van der Waals surface area contributed by atoms with Crippen molar-refractivity contribution in [1.82, 2.24) is 0 Å². The highest BCUT2D eigenvalue weighted by atomic mass is 15.1. The van der Waals surface area contributed by atoms with E-state index in [2.05, 4.69) is 291 Å². The van der Waals surface area contributed by atoms with E-state index in [9.17, 15) is 0 Å². The van der Waals surface area contributed by atoms with Crippen LogP contribution in [-0.2, 0) is 0 Å². The van der Waals surface area contributed by atoms with Gasteiger partial charge in [0.05, 0.1) is 5.69 Å². The van der Waals surface area contributed by atoms with E-state index in [0.717, 1.165) is 50.8 Å². The largest absolute Gasteiger partial charge is 0.311 e. The SMILES string of the molecule is Cc1cccc(/C=C/c2ccc(N(c3ccccc3)c3ccc(-c4ccc(N(c5ccc(/C=C/c6cccc(C)c6)cc5)c5ccc(-c6ccccc6)cc5)c5ccccc45)cc3)cc2)c1. The van der Waals surface area contributed by atoms with Crippen LogP contribution in [0.1, 0.15) is 33.4 Å². The van der Waals surface area contributed by atoms with Crippen LogP contribution in [0, 0.1) is 13.8 Å². The predicted molar refractivity (Wildman–Crippen MR) is 284 cm³/mol. The van der Waals surface area contributed by atoms with Gasteiger partial charge in [-0.25, -0.2) is 0 Å². The molecule has 0 fully saturated rings. The van der Waals surface area contributed by atoms with Gasteiger partial charge in [0.15, 0.2) is 0 Å². The third-order valence-electron chi connectivity index (χ3n) is 12.1. The highest BCUT2D eigenvalue weighted by molar-refractivity contribution is 6.06. The van der Waals surface area contributed by atoms with Gasteiger partial charge < -0.3 is 9.80 Å². The maximum atomic E-state index is 2.39. The number of anilines is 6. The van der Waals surface area contributed by atoms with Crippen molar-refractivity contribution in [3.8, 4) is 22.3 Å². The van der Waals surface area contributed by atoms with Gasteiger partial charge in [-0.05, 0) is 130 Å². The Kier molecular flexibility index (Phi) is 12.0. The van der Waals surface area contributed by atoms with Crippen molar-refractivity contribution in [3.05, 3.63) is 276 Å². The van der Waals surface area contributed by atoms with Crippen molar-refractivity contribution in [1.29, 1.82) is 0 Å². The van der Waals surface area contributed by atoms with E-state index in [4.69, 9.17) is 0 Å². The zero-order valence-electron chi connectivity index (χ0n) is 37.3. The molecule has 0 amide bonds. The monoisotopic (exact) mass is 846 g/mol. The van der Waals surface area contributed by atoms with Crippen molar-refractivity contribution in [2.75, 3.05) is 9.80 Å². The average molecular weight is 847 g/mol. The Bertz CT molecular complexity index is 3280. The summed E-state index contributed by atoms with van der Waals surface area (Å²) in [6.45, 7) is 4.26. The molecule has 0 heterocycles. The molecule has 0 aliphatic carbocycles. The minimum absolute atomic E-state index is 1.09. The molecule has 0 radical (unpaired) electrons. The molecule has 0 N–H and O–H groups in total. The summed E-state index contributed by atoms with van der Waals surface area (Å²) in [6.07, 6.45) is 8.73. The Hall–Kier alpha value is -8.46.